The number of hydrogen-bond donors (Lipinski definition) is 0. The molecular formula is C12H16Cl2O. The molecule has 0 saturated heterocycles. The Morgan fingerprint density at radius 3 is 2.53 bits per heavy atom. The van der Waals surface area contributed by atoms with Crippen LogP contribution in [0.5, 0.6) is 0 Å². The maximum absolute atomic E-state index is 6.12. The van der Waals surface area contributed by atoms with Crippen LogP contribution in [0.1, 0.15) is 24.8 Å². The van der Waals surface area contributed by atoms with Crippen LogP contribution in [0.15, 0.2) is 24.3 Å². The first-order valence-corrected chi connectivity index (χ1v) is 5.93. The van der Waals surface area contributed by atoms with Gasteiger partial charge in [-0.25, -0.2) is 0 Å². The summed E-state index contributed by atoms with van der Waals surface area (Å²) in [5.74, 6) is 0.826. The lowest BCUT2D eigenvalue weighted by molar-refractivity contribution is 0.106. The lowest BCUT2D eigenvalue weighted by Crippen LogP contribution is -2.12. The highest BCUT2D eigenvalue weighted by Crippen LogP contribution is 2.29. The van der Waals surface area contributed by atoms with Gasteiger partial charge in [0, 0.05) is 23.9 Å². The van der Waals surface area contributed by atoms with Crippen LogP contribution >= 0.6 is 23.2 Å². The molecule has 2 atom stereocenters. The van der Waals surface area contributed by atoms with E-state index in [1.54, 1.807) is 7.11 Å². The summed E-state index contributed by atoms with van der Waals surface area (Å²) in [5.41, 5.74) is 1.11. The van der Waals surface area contributed by atoms with Gasteiger partial charge in [0.2, 0.25) is 0 Å². The van der Waals surface area contributed by atoms with Crippen molar-refractivity contribution in [2.24, 2.45) is 0 Å². The standard InChI is InChI=1S/C12H16Cl2O/c1-9(15-2)7-10(8-13)11-5-3-4-6-12(11)14/h3-6,9-10H,7-8H2,1-2H3. The Bertz CT molecular complexity index is 301. The van der Waals surface area contributed by atoms with Crippen molar-refractivity contribution in [1.29, 1.82) is 0 Å². The average molecular weight is 247 g/mol. The van der Waals surface area contributed by atoms with E-state index in [9.17, 15) is 0 Å². The molecule has 0 aliphatic heterocycles. The van der Waals surface area contributed by atoms with E-state index < -0.39 is 0 Å². The summed E-state index contributed by atoms with van der Waals surface area (Å²) in [4.78, 5) is 0. The van der Waals surface area contributed by atoms with Crippen LogP contribution in [0.3, 0.4) is 0 Å². The molecule has 1 aromatic carbocycles. The van der Waals surface area contributed by atoms with Gasteiger partial charge in [-0.15, -0.1) is 11.6 Å². The highest BCUT2D eigenvalue weighted by Gasteiger charge is 2.16. The summed E-state index contributed by atoms with van der Waals surface area (Å²) in [6.45, 7) is 2.04. The predicted octanol–water partition coefficient (Wildman–Crippen LogP) is 4.09. The quantitative estimate of drug-likeness (QED) is 0.712. The van der Waals surface area contributed by atoms with Gasteiger partial charge in [-0.1, -0.05) is 29.8 Å². The van der Waals surface area contributed by atoms with E-state index in [2.05, 4.69) is 0 Å². The molecule has 0 amide bonds. The van der Waals surface area contributed by atoms with Gasteiger partial charge in [0.25, 0.3) is 0 Å². The van der Waals surface area contributed by atoms with Crippen LogP contribution in [0.2, 0.25) is 5.02 Å². The van der Waals surface area contributed by atoms with Gasteiger partial charge in [0.15, 0.2) is 0 Å². The molecule has 1 nitrogen and oxygen atoms in total. The number of methoxy groups -OCH3 is 1. The Morgan fingerprint density at radius 2 is 2.00 bits per heavy atom. The van der Waals surface area contributed by atoms with Gasteiger partial charge < -0.3 is 4.74 Å². The molecule has 0 aromatic heterocycles. The van der Waals surface area contributed by atoms with Crippen LogP contribution in [0.4, 0.5) is 0 Å². The number of hydrogen-bond acceptors (Lipinski definition) is 1. The molecule has 0 spiro atoms. The fourth-order valence-corrected chi connectivity index (χ4v) is 2.16. The van der Waals surface area contributed by atoms with Crippen molar-refractivity contribution in [3.63, 3.8) is 0 Å². The first-order valence-electron chi connectivity index (χ1n) is 5.02. The van der Waals surface area contributed by atoms with Crippen molar-refractivity contribution in [2.45, 2.75) is 25.4 Å². The Balaban J connectivity index is 2.78. The molecule has 0 saturated carbocycles. The molecule has 0 aliphatic carbocycles. The second-order valence-electron chi connectivity index (χ2n) is 3.65. The van der Waals surface area contributed by atoms with E-state index >= 15 is 0 Å². The molecular weight excluding hydrogens is 231 g/mol. The molecule has 0 bridgehead atoms. The van der Waals surface area contributed by atoms with Gasteiger partial charge >= 0.3 is 0 Å². The summed E-state index contributed by atoms with van der Waals surface area (Å²) in [7, 11) is 1.71. The maximum Gasteiger partial charge on any atom is 0.0549 e. The minimum Gasteiger partial charge on any atom is -0.382 e. The summed E-state index contributed by atoms with van der Waals surface area (Å²) in [5, 5.41) is 0.784. The number of benzene rings is 1. The average Bonchev–Trinajstić information content (AvgIpc) is 2.26. The smallest absolute Gasteiger partial charge is 0.0549 e. The SMILES string of the molecule is COC(C)CC(CCl)c1ccccc1Cl. The molecule has 2 unspecified atom stereocenters. The maximum atomic E-state index is 6.12. The van der Waals surface area contributed by atoms with E-state index in [0.29, 0.717) is 5.88 Å². The number of alkyl halides is 1. The summed E-state index contributed by atoms with van der Waals surface area (Å²) in [6, 6.07) is 7.83. The second-order valence-corrected chi connectivity index (χ2v) is 4.37. The predicted molar refractivity (Wildman–Crippen MR) is 66.0 cm³/mol. The number of rotatable bonds is 5. The van der Waals surface area contributed by atoms with Gasteiger partial charge in [-0.2, -0.15) is 0 Å². The number of halogens is 2. The lowest BCUT2D eigenvalue weighted by Gasteiger charge is -2.19. The molecule has 15 heavy (non-hydrogen) atoms. The Hall–Kier alpha value is -0.240. The molecule has 0 fully saturated rings. The van der Waals surface area contributed by atoms with Gasteiger partial charge in [-0.05, 0) is 25.0 Å². The second kappa shape index (κ2) is 6.37. The van der Waals surface area contributed by atoms with Gasteiger partial charge in [-0.3, -0.25) is 0 Å². The lowest BCUT2D eigenvalue weighted by atomic mass is 9.95. The number of ether oxygens (including phenoxy) is 1. The third-order valence-corrected chi connectivity index (χ3v) is 3.27. The Labute approximate surface area is 101 Å². The molecule has 1 rings (SSSR count). The van der Waals surface area contributed by atoms with E-state index in [-0.39, 0.29) is 12.0 Å². The van der Waals surface area contributed by atoms with Crippen molar-refractivity contribution < 1.29 is 4.74 Å². The van der Waals surface area contributed by atoms with Crippen LogP contribution in [-0.4, -0.2) is 19.1 Å². The van der Waals surface area contributed by atoms with Crippen molar-refractivity contribution in [3.8, 4) is 0 Å². The molecule has 0 aliphatic rings. The zero-order chi connectivity index (χ0) is 11.3. The highest BCUT2D eigenvalue weighted by atomic mass is 35.5. The third-order valence-electron chi connectivity index (χ3n) is 2.55. The molecule has 3 heteroatoms. The minimum atomic E-state index is 0.199. The van der Waals surface area contributed by atoms with Crippen LogP contribution in [-0.2, 0) is 4.74 Å². The zero-order valence-corrected chi connectivity index (χ0v) is 10.6. The van der Waals surface area contributed by atoms with E-state index in [4.69, 9.17) is 27.9 Å². The highest BCUT2D eigenvalue weighted by molar-refractivity contribution is 6.31. The molecule has 0 N–H and O–H groups in total. The molecule has 1 aromatic rings. The van der Waals surface area contributed by atoms with Gasteiger partial charge in [0.05, 0.1) is 6.10 Å². The first kappa shape index (κ1) is 12.8. The van der Waals surface area contributed by atoms with Crippen molar-refractivity contribution in [1.82, 2.24) is 0 Å². The summed E-state index contributed by atoms with van der Waals surface area (Å²) >= 11 is 12.1. The molecule has 0 heterocycles. The Morgan fingerprint density at radius 1 is 1.33 bits per heavy atom. The van der Waals surface area contributed by atoms with Crippen molar-refractivity contribution in [3.05, 3.63) is 34.9 Å². The van der Waals surface area contributed by atoms with Crippen LogP contribution in [0.25, 0.3) is 0 Å². The molecule has 0 radical (unpaired) electrons. The fourth-order valence-electron chi connectivity index (χ4n) is 1.58. The van der Waals surface area contributed by atoms with Gasteiger partial charge in [0.1, 0.15) is 0 Å². The molecule has 84 valence electrons. The Kier molecular flexibility index (Phi) is 5.44. The first-order chi connectivity index (χ1) is 7.19. The minimum absolute atomic E-state index is 0.199. The third kappa shape index (κ3) is 3.67. The van der Waals surface area contributed by atoms with E-state index in [1.165, 1.54) is 0 Å². The fraction of sp³-hybridized carbons (Fsp3) is 0.500. The summed E-state index contributed by atoms with van der Waals surface area (Å²) in [6.07, 6.45) is 1.09. The zero-order valence-electron chi connectivity index (χ0n) is 9.04. The topological polar surface area (TPSA) is 9.23 Å². The van der Waals surface area contributed by atoms with Crippen LogP contribution in [0, 0.1) is 0 Å². The van der Waals surface area contributed by atoms with Crippen molar-refractivity contribution >= 4 is 23.2 Å². The van der Waals surface area contributed by atoms with Crippen LogP contribution < -0.4 is 0 Å². The monoisotopic (exact) mass is 246 g/mol. The normalized spacial score (nSPS) is 14.9. The van der Waals surface area contributed by atoms with E-state index in [0.717, 1.165) is 17.0 Å². The van der Waals surface area contributed by atoms with Crippen molar-refractivity contribution in [2.75, 3.05) is 13.0 Å². The summed E-state index contributed by atoms with van der Waals surface area (Å²) < 4.78 is 5.24. The largest absolute Gasteiger partial charge is 0.382 e. The van der Waals surface area contributed by atoms with E-state index in [1.807, 2.05) is 31.2 Å².